The SMILES string of the molecule is CC1(CN)CCN(Cc2cc(-c3ccccc3)on2)C1.Cl. The van der Waals surface area contributed by atoms with Gasteiger partial charge in [-0.25, -0.2) is 0 Å². The minimum atomic E-state index is 0. The molecular formula is C16H22ClN3O. The number of nitrogens with two attached hydrogens (primary N) is 1. The largest absolute Gasteiger partial charge is 0.356 e. The van der Waals surface area contributed by atoms with Gasteiger partial charge in [-0.2, -0.15) is 0 Å². The first-order chi connectivity index (χ1) is 9.68. The highest BCUT2D eigenvalue weighted by Crippen LogP contribution is 2.30. The lowest BCUT2D eigenvalue weighted by Gasteiger charge is -2.21. The first-order valence-electron chi connectivity index (χ1n) is 7.12. The lowest BCUT2D eigenvalue weighted by atomic mass is 9.90. The molecule has 2 aromatic rings. The Morgan fingerprint density at radius 2 is 2.10 bits per heavy atom. The predicted molar refractivity (Wildman–Crippen MR) is 86.2 cm³/mol. The summed E-state index contributed by atoms with van der Waals surface area (Å²) in [6, 6.07) is 12.1. The molecule has 1 unspecified atom stereocenters. The molecule has 1 aromatic heterocycles. The van der Waals surface area contributed by atoms with E-state index in [0.29, 0.717) is 0 Å². The summed E-state index contributed by atoms with van der Waals surface area (Å²) in [5.41, 5.74) is 8.16. The van der Waals surface area contributed by atoms with Gasteiger partial charge in [-0.05, 0) is 24.9 Å². The van der Waals surface area contributed by atoms with Crippen LogP contribution in [0.15, 0.2) is 40.9 Å². The minimum Gasteiger partial charge on any atom is -0.356 e. The maximum atomic E-state index is 5.84. The van der Waals surface area contributed by atoms with Crippen LogP contribution in [0.25, 0.3) is 11.3 Å². The second-order valence-corrected chi connectivity index (χ2v) is 6.02. The molecule has 1 aliphatic rings. The molecule has 1 saturated heterocycles. The lowest BCUT2D eigenvalue weighted by molar-refractivity contribution is 0.267. The zero-order chi connectivity index (χ0) is 14.0. The molecular weight excluding hydrogens is 286 g/mol. The highest BCUT2D eigenvalue weighted by molar-refractivity contribution is 5.85. The molecule has 0 saturated carbocycles. The molecule has 1 atom stereocenters. The van der Waals surface area contributed by atoms with Crippen molar-refractivity contribution in [3.05, 3.63) is 42.1 Å². The number of hydrogen-bond acceptors (Lipinski definition) is 4. The third-order valence-electron chi connectivity index (χ3n) is 4.13. The van der Waals surface area contributed by atoms with Crippen LogP contribution in [0.3, 0.4) is 0 Å². The van der Waals surface area contributed by atoms with Crippen LogP contribution in [0.2, 0.25) is 0 Å². The molecule has 0 amide bonds. The number of rotatable bonds is 4. The van der Waals surface area contributed by atoms with E-state index in [0.717, 1.165) is 49.6 Å². The van der Waals surface area contributed by atoms with Gasteiger partial charge in [0.25, 0.3) is 0 Å². The van der Waals surface area contributed by atoms with Crippen molar-refractivity contribution >= 4 is 12.4 Å². The van der Waals surface area contributed by atoms with E-state index >= 15 is 0 Å². The maximum absolute atomic E-state index is 5.84. The van der Waals surface area contributed by atoms with E-state index in [1.165, 1.54) is 0 Å². The van der Waals surface area contributed by atoms with Gasteiger partial charge < -0.3 is 10.3 Å². The van der Waals surface area contributed by atoms with E-state index in [1.807, 2.05) is 36.4 Å². The molecule has 0 bridgehead atoms. The van der Waals surface area contributed by atoms with E-state index in [2.05, 4.69) is 17.0 Å². The van der Waals surface area contributed by atoms with Gasteiger partial charge in [-0.1, -0.05) is 42.4 Å². The Labute approximate surface area is 131 Å². The molecule has 0 aliphatic carbocycles. The van der Waals surface area contributed by atoms with Crippen LogP contribution in [-0.4, -0.2) is 29.7 Å². The second kappa shape index (κ2) is 6.60. The molecule has 1 aromatic carbocycles. The summed E-state index contributed by atoms with van der Waals surface area (Å²) in [5, 5.41) is 4.18. The number of aromatic nitrogens is 1. The fourth-order valence-corrected chi connectivity index (χ4v) is 2.78. The average Bonchev–Trinajstić information content (AvgIpc) is 3.08. The van der Waals surface area contributed by atoms with Gasteiger partial charge in [0.1, 0.15) is 0 Å². The molecule has 0 radical (unpaired) electrons. The van der Waals surface area contributed by atoms with E-state index in [-0.39, 0.29) is 17.8 Å². The molecule has 114 valence electrons. The van der Waals surface area contributed by atoms with Crippen molar-refractivity contribution < 1.29 is 4.52 Å². The van der Waals surface area contributed by atoms with Crippen molar-refractivity contribution in [3.63, 3.8) is 0 Å². The predicted octanol–water partition coefficient (Wildman–Crippen LogP) is 2.93. The number of hydrogen-bond donors (Lipinski definition) is 1. The fourth-order valence-electron chi connectivity index (χ4n) is 2.78. The Bertz CT molecular complexity index is 572. The minimum absolute atomic E-state index is 0. The first-order valence-corrected chi connectivity index (χ1v) is 7.12. The van der Waals surface area contributed by atoms with Gasteiger partial charge in [0.15, 0.2) is 5.76 Å². The van der Waals surface area contributed by atoms with Gasteiger partial charge in [-0.3, -0.25) is 4.90 Å². The summed E-state index contributed by atoms with van der Waals surface area (Å²) >= 11 is 0. The van der Waals surface area contributed by atoms with Crippen LogP contribution in [0.1, 0.15) is 19.0 Å². The summed E-state index contributed by atoms with van der Waals surface area (Å²) < 4.78 is 5.44. The average molecular weight is 308 g/mol. The molecule has 5 heteroatoms. The van der Waals surface area contributed by atoms with Gasteiger partial charge in [0.05, 0.1) is 5.69 Å². The summed E-state index contributed by atoms with van der Waals surface area (Å²) in [7, 11) is 0. The molecule has 21 heavy (non-hydrogen) atoms. The fraction of sp³-hybridized carbons (Fsp3) is 0.438. The van der Waals surface area contributed by atoms with E-state index in [9.17, 15) is 0 Å². The number of halogens is 1. The van der Waals surface area contributed by atoms with Crippen LogP contribution < -0.4 is 5.73 Å². The summed E-state index contributed by atoms with van der Waals surface area (Å²) in [4.78, 5) is 2.40. The highest BCUT2D eigenvalue weighted by Gasteiger charge is 2.32. The quantitative estimate of drug-likeness (QED) is 0.943. The van der Waals surface area contributed by atoms with Crippen LogP contribution >= 0.6 is 12.4 Å². The molecule has 1 fully saturated rings. The second-order valence-electron chi connectivity index (χ2n) is 6.02. The van der Waals surface area contributed by atoms with Gasteiger partial charge in [-0.15, -0.1) is 12.4 Å². The van der Waals surface area contributed by atoms with E-state index in [1.54, 1.807) is 0 Å². The molecule has 0 spiro atoms. The molecule has 4 nitrogen and oxygen atoms in total. The summed E-state index contributed by atoms with van der Waals surface area (Å²) in [6.45, 7) is 5.97. The third kappa shape index (κ3) is 3.64. The van der Waals surface area contributed by atoms with Gasteiger partial charge in [0.2, 0.25) is 0 Å². The van der Waals surface area contributed by atoms with Crippen molar-refractivity contribution in [2.24, 2.45) is 11.1 Å². The van der Waals surface area contributed by atoms with Crippen LogP contribution in [0.4, 0.5) is 0 Å². The monoisotopic (exact) mass is 307 g/mol. The van der Waals surface area contributed by atoms with E-state index in [4.69, 9.17) is 10.3 Å². The Kier molecular flexibility index (Phi) is 5.04. The zero-order valence-electron chi connectivity index (χ0n) is 12.3. The maximum Gasteiger partial charge on any atom is 0.167 e. The Morgan fingerprint density at radius 1 is 1.33 bits per heavy atom. The van der Waals surface area contributed by atoms with Crippen molar-refractivity contribution in [1.29, 1.82) is 0 Å². The van der Waals surface area contributed by atoms with Crippen molar-refractivity contribution in [2.45, 2.75) is 19.9 Å². The normalized spacial score (nSPS) is 22.2. The Hall–Kier alpha value is -1.36. The van der Waals surface area contributed by atoms with Crippen LogP contribution in [0.5, 0.6) is 0 Å². The zero-order valence-corrected chi connectivity index (χ0v) is 13.1. The smallest absolute Gasteiger partial charge is 0.167 e. The standard InChI is InChI=1S/C16H21N3O.ClH/c1-16(11-17)7-8-19(12-16)10-14-9-15(20-18-14)13-5-3-2-4-6-13;/h2-6,9H,7-8,10-12,17H2,1H3;1H. The molecule has 3 rings (SSSR count). The van der Waals surface area contributed by atoms with Crippen molar-refractivity contribution in [3.8, 4) is 11.3 Å². The molecule has 1 aliphatic heterocycles. The third-order valence-corrected chi connectivity index (χ3v) is 4.13. The van der Waals surface area contributed by atoms with Crippen molar-refractivity contribution in [2.75, 3.05) is 19.6 Å². The summed E-state index contributed by atoms with van der Waals surface area (Å²) in [5.74, 6) is 0.835. The molecule has 2 N–H and O–H groups in total. The Balaban J connectivity index is 0.00000161. The summed E-state index contributed by atoms with van der Waals surface area (Å²) in [6.07, 6.45) is 1.16. The van der Waals surface area contributed by atoms with Crippen LogP contribution in [-0.2, 0) is 6.54 Å². The van der Waals surface area contributed by atoms with Crippen LogP contribution in [0, 0.1) is 5.41 Å². The first kappa shape index (κ1) is 16.0. The van der Waals surface area contributed by atoms with Crippen molar-refractivity contribution in [1.82, 2.24) is 10.1 Å². The Morgan fingerprint density at radius 3 is 2.76 bits per heavy atom. The van der Waals surface area contributed by atoms with Gasteiger partial charge in [0, 0.05) is 24.7 Å². The molecule has 2 heterocycles. The number of likely N-dealkylation sites (tertiary alicyclic amines) is 1. The lowest BCUT2D eigenvalue weighted by Crippen LogP contribution is -2.31. The number of benzene rings is 1. The van der Waals surface area contributed by atoms with Gasteiger partial charge >= 0.3 is 0 Å². The number of nitrogens with zero attached hydrogens (tertiary/aromatic N) is 2. The highest BCUT2D eigenvalue weighted by atomic mass is 35.5. The van der Waals surface area contributed by atoms with E-state index < -0.39 is 0 Å². The topological polar surface area (TPSA) is 55.3 Å².